The SMILES string of the molecule is Cc1cccc(-n2cc(CN(CCO)CCO)c(-c3cccc(F)c3)n2)c1. The van der Waals surface area contributed by atoms with Crippen LogP contribution in [0.15, 0.2) is 54.7 Å². The summed E-state index contributed by atoms with van der Waals surface area (Å²) in [5.74, 6) is -0.314. The Balaban J connectivity index is 2.03. The Bertz CT molecular complexity index is 889. The van der Waals surface area contributed by atoms with E-state index in [2.05, 4.69) is 0 Å². The molecule has 142 valence electrons. The van der Waals surface area contributed by atoms with Gasteiger partial charge in [-0.2, -0.15) is 5.10 Å². The van der Waals surface area contributed by atoms with E-state index >= 15 is 0 Å². The van der Waals surface area contributed by atoms with Gasteiger partial charge in [0, 0.05) is 37.0 Å². The van der Waals surface area contributed by atoms with Crippen molar-refractivity contribution in [2.24, 2.45) is 0 Å². The van der Waals surface area contributed by atoms with Crippen molar-refractivity contribution in [3.8, 4) is 16.9 Å². The molecule has 1 aromatic heterocycles. The van der Waals surface area contributed by atoms with Crippen molar-refractivity contribution in [2.75, 3.05) is 26.3 Å². The molecule has 1 heterocycles. The van der Waals surface area contributed by atoms with Crippen LogP contribution in [0, 0.1) is 12.7 Å². The quantitative estimate of drug-likeness (QED) is 0.641. The highest BCUT2D eigenvalue weighted by molar-refractivity contribution is 5.63. The molecule has 6 heteroatoms. The van der Waals surface area contributed by atoms with Gasteiger partial charge in [-0.1, -0.05) is 24.3 Å². The number of rotatable bonds is 8. The van der Waals surface area contributed by atoms with Crippen LogP contribution in [0.2, 0.25) is 0 Å². The fourth-order valence-electron chi connectivity index (χ4n) is 3.10. The van der Waals surface area contributed by atoms with Crippen LogP contribution in [-0.4, -0.2) is 51.2 Å². The summed E-state index contributed by atoms with van der Waals surface area (Å²) in [5.41, 5.74) is 4.35. The van der Waals surface area contributed by atoms with Crippen molar-refractivity contribution < 1.29 is 14.6 Å². The van der Waals surface area contributed by atoms with Crippen molar-refractivity contribution in [1.82, 2.24) is 14.7 Å². The monoisotopic (exact) mass is 369 g/mol. The van der Waals surface area contributed by atoms with Crippen molar-refractivity contribution >= 4 is 0 Å². The van der Waals surface area contributed by atoms with Gasteiger partial charge in [-0.05, 0) is 36.8 Å². The second-order valence-electron chi connectivity index (χ2n) is 6.52. The lowest BCUT2D eigenvalue weighted by atomic mass is 10.1. The second kappa shape index (κ2) is 8.90. The fraction of sp³-hybridized carbons (Fsp3) is 0.286. The van der Waals surface area contributed by atoms with E-state index in [0.29, 0.717) is 30.9 Å². The van der Waals surface area contributed by atoms with E-state index < -0.39 is 0 Å². The van der Waals surface area contributed by atoms with Crippen LogP contribution in [0.4, 0.5) is 4.39 Å². The highest BCUT2D eigenvalue weighted by Crippen LogP contribution is 2.26. The topological polar surface area (TPSA) is 61.5 Å². The maximum atomic E-state index is 13.8. The maximum absolute atomic E-state index is 13.8. The van der Waals surface area contributed by atoms with Crippen molar-refractivity contribution in [3.05, 3.63) is 71.7 Å². The average molecular weight is 369 g/mol. The van der Waals surface area contributed by atoms with Crippen molar-refractivity contribution in [2.45, 2.75) is 13.5 Å². The molecule has 0 saturated carbocycles. The number of halogens is 1. The Labute approximate surface area is 158 Å². The predicted molar refractivity (Wildman–Crippen MR) is 103 cm³/mol. The Morgan fingerprint density at radius 2 is 1.78 bits per heavy atom. The Morgan fingerprint density at radius 1 is 1.04 bits per heavy atom. The van der Waals surface area contributed by atoms with Crippen LogP contribution in [-0.2, 0) is 6.54 Å². The minimum Gasteiger partial charge on any atom is -0.395 e. The zero-order valence-electron chi connectivity index (χ0n) is 15.3. The number of hydrogen-bond acceptors (Lipinski definition) is 4. The van der Waals surface area contributed by atoms with Gasteiger partial charge >= 0.3 is 0 Å². The normalized spacial score (nSPS) is 11.3. The third-order valence-electron chi connectivity index (χ3n) is 4.38. The van der Waals surface area contributed by atoms with Gasteiger partial charge in [0.1, 0.15) is 5.82 Å². The lowest BCUT2D eigenvalue weighted by Crippen LogP contribution is -2.29. The molecule has 0 amide bonds. The molecule has 2 aromatic carbocycles. The van der Waals surface area contributed by atoms with Gasteiger partial charge in [0.25, 0.3) is 0 Å². The van der Waals surface area contributed by atoms with Crippen LogP contribution < -0.4 is 0 Å². The van der Waals surface area contributed by atoms with Crippen molar-refractivity contribution in [1.29, 1.82) is 0 Å². The molecule has 0 atom stereocenters. The molecule has 0 bridgehead atoms. The van der Waals surface area contributed by atoms with Gasteiger partial charge in [-0.3, -0.25) is 4.90 Å². The molecule has 0 aliphatic heterocycles. The molecule has 0 fully saturated rings. The van der Waals surface area contributed by atoms with E-state index in [1.54, 1.807) is 10.7 Å². The van der Waals surface area contributed by atoms with Crippen molar-refractivity contribution in [3.63, 3.8) is 0 Å². The van der Waals surface area contributed by atoms with Gasteiger partial charge in [-0.25, -0.2) is 9.07 Å². The number of benzene rings is 2. The van der Waals surface area contributed by atoms with E-state index in [-0.39, 0.29) is 19.0 Å². The lowest BCUT2D eigenvalue weighted by molar-refractivity contribution is 0.156. The number of aliphatic hydroxyl groups excluding tert-OH is 2. The molecule has 2 N–H and O–H groups in total. The summed E-state index contributed by atoms with van der Waals surface area (Å²) in [7, 11) is 0. The average Bonchev–Trinajstić information content (AvgIpc) is 3.06. The van der Waals surface area contributed by atoms with Crippen LogP contribution >= 0.6 is 0 Å². The molecule has 0 unspecified atom stereocenters. The number of aliphatic hydroxyl groups is 2. The largest absolute Gasteiger partial charge is 0.395 e. The molecular weight excluding hydrogens is 345 g/mol. The second-order valence-corrected chi connectivity index (χ2v) is 6.52. The molecule has 3 aromatic rings. The maximum Gasteiger partial charge on any atom is 0.123 e. The zero-order chi connectivity index (χ0) is 19.2. The van der Waals surface area contributed by atoms with Gasteiger partial charge in [0.15, 0.2) is 0 Å². The summed E-state index contributed by atoms with van der Waals surface area (Å²) < 4.78 is 15.6. The first-order valence-electron chi connectivity index (χ1n) is 8.96. The first-order chi connectivity index (χ1) is 13.1. The van der Waals surface area contributed by atoms with Gasteiger partial charge in [-0.15, -0.1) is 0 Å². The standard InChI is InChI=1S/C21H24FN3O2/c1-16-4-2-7-20(12-16)25-15-18(14-24(8-10-26)9-11-27)21(23-25)17-5-3-6-19(22)13-17/h2-7,12-13,15,26-27H,8-11,14H2,1H3. The number of nitrogens with zero attached hydrogens (tertiary/aromatic N) is 3. The minimum absolute atomic E-state index is 0.00131. The molecule has 0 aliphatic rings. The number of aromatic nitrogens is 2. The van der Waals surface area contributed by atoms with Crippen LogP contribution in [0.25, 0.3) is 16.9 Å². The summed E-state index contributed by atoms with van der Waals surface area (Å²) in [5, 5.41) is 23.3. The highest BCUT2D eigenvalue weighted by Gasteiger charge is 2.16. The molecule has 0 aliphatic carbocycles. The predicted octanol–water partition coefficient (Wildman–Crippen LogP) is 2.77. The van der Waals surface area contributed by atoms with Gasteiger partial charge < -0.3 is 10.2 Å². The molecule has 0 saturated heterocycles. The van der Waals surface area contributed by atoms with E-state index in [1.807, 2.05) is 48.4 Å². The van der Waals surface area contributed by atoms with E-state index in [0.717, 1.165) is 16.8 Å². The Morgan fingerprint density at radius 3 is 2.44 bits per heavy atom. The van der Waals surface area contributed by atoms with Gasteiger partial charge in [0.05, 0.1) is 24.6 Å². The third kappa shape index (κ3) is 4.80. The summed E-state index contributed by atoms with van der Waals surface area (Å²) in [4.78, 5) is 1.94. The minimum atomic E-state index is -0.314. The number of aryl methyl sites for hydroxylation is 1. The molecule has 0 radical (unpaired) electrons. The smallest absolute Gasteiger partial charge is 0.123 e. The molecule has 0 spiro atoms. The van der Waals surface area contributed by atoms with E-state index in [1.165, 1.54) is 12.1 Å². The third-order valence-corrected chi connectivity index (χ3v) is 4.38. The zero-order valence-corrected chi connectivity index (χ0v) is 15.3. The Kier molecular flexibility index (Phi) is 6.34. The fourth-order valence-corrected chi connectivity index (χ4v) is 3.10. The molecule has 3 rings (SSSR count). The van der Waals surface area contributed by atoms with Crippen LogP contribution in [0.5, 0.6) is 0 Å². The van der Waals surface area contributed by atoms with Crippen LogP contribution in [0.3, 0.4) is 0 Å². The van der Waals surface area contributed by atoms with Crippen LogP contribution in [0.1, 0.15) is 11.1 Å². The summed E-state index contributed by atoms with van der Waals surface area (Å²) >= 11 is 0. The van der Waals surface area contributed by atoms with Gasteiger partial charge in [0.2, 0.25) is 0 Å². The molecular formula is C21H24FN3O2. The Hall–Kier alpha value is -2.54. The number of hydrogen-bond donors (Lipinski definition) is 2. The highest BCUT2D eigenvalue weighted by atomic mass is 19.1. The van der Waals surface area contributed by atoms with E-state index in [4.69, 9.17) is 5.10 Å². The van der Waals surface area contributed by atoms with E-state index in [9.17, 15) is 14.6 Å². The summed E-state index contributed by atoms with van der Waals surface area (Å²) in [6.45, 7) is 3.41. The first-order valence-corrected chi connectivity index (χ1v) is 8.96. The summed E-state index contributed by atoms with van der Waals surface area (Å²) in [6, 6.07) is 14.4. The molecule has 27 heavy (non-hydrogen) atoms. The summed E-state index contributed by atoms with van der Waals surface area (Å²) in [6.07, 6.45) is 1.93. The first kappa shape index (κ1) is 19.2. The molecule has 5 nitrogen and oxygen atoms in total. The lowest BCUT2D eigenvalue weighted by Gasteiger charge is -2.19.